The Balaban J connectivity index is 1.11. The molecule has 3 aromatic carbocycles. The van der Waals surface area contributed by atoms with Gasteiger partial charge >= 0.3 is 0 Å². The van der Waals surface area contributed by atoms with E-state index in [0.29, 0.717) is 54.7 Å². The summed E-state index contributed by atoms with van der Waals surface area (Å²) < 4.78 is 11.7. The van der Waals surface area contributed by atoms with E-state index in [1.54, 1.807) is 18.2 Å². The van der Waals surface area contributed by atoms with Crippen LogP contribution in [0.4, 0.5) is 0 Å². The first-order valence-electron chi connectivity index (χ1n) is 13.7. The summed E-state index contributed by atoms with van der Waals surface area (Å²) >= 11 is 6.11. The van der Waals surface area contributed by atoms with Crippen LogP contribution in [0.25, 0.3) is 0 Å². The van der Waals surface area contributed by atoms with Crippen molar-refractivity contribution in [3.63, 3.8) is 0 Å². The zero-order valence-corrected chi connectivity index (χ0v) is 23.4. The molecular formula is C33H33ClN2O4. The number of hydrogen-bond acceptors (Lipinski definition) is 4. The summed E-state index contributed by atoms with van der Waals surface area (Å²) in [6, 6.07) is 22.4. The Kier molecular flexibility index (Phi) is 8.74. The summed E-state index contributed by atoms with van der Waals surface area (Å²) in [5.74, 6) is 6.63. The fourth-order valence-corrected chi connectivity index (χ4v) is 5.54. The van der Waals surface area contributed by atoms with Crippen LogP contribution in [0.15, 0.2) is 72.8 Å². The van der Waals surface area contributed by atoms with Gasteiger partial charge in [-0.15, -0.1) is 0 Å². The van der Waals surface area contributed by atoms with Crippen LogP contribution in [0.3, 0.4) is 0 Å². The number of halogens is 1. The highest BCUT2D eigenvalue weighted by molar-refractivity contribution is 6.31. The molecule has 0 bridgehead atoms. The molecule has 3 aromatic rings. The maximum absolute atomic E-state index is 13.2. The molecule has 1 N–H and O–H groups in total. The largest absolute Gasteiger partial charge is 0.493 e. The monoisotopic (exact) mass is 556 g/mol. The van der Waals surface area contributed by atoms with Gasteiger partial charge in [-0.2, -0.15) is 0 Å². The molecule has 2 aliphatic rings. The van der Waals surface area contributed by atoms with E-state index in [9.17, 15) is 9.59 Å². The Morgan fingerprint density at radius 1 is 1.02 bits per heavy atom. The first-order valence-corrected chi connectivity index (χ1v) is 14.1. The van der Waals surface area contributed by atoms with Gasteiger partial charge < -0.3 is 19.7 Å². The van der Waals surface area contributed by atoms with Crippen molar-refractivity contribution in [1.29, 1.82) is 0 Å². The van der Waals surface area contributed by atoms with Crippen LogP contribution in [0.2, 0.25) is 5.02 Å². The SMILES string of the molecule is CCOc1ccc(Cl)cc1C(=O)NCC1CC2(CCN(C(=O)c3ccc(C#Cc4ccccc4)cc3)CC2)CO1. The lowest BCUT2D eigenvalue weighted by atomic mass is 9.76. The summed E-state index contributed by atoms with van der Waals surface area (Å²) in [4.78, 5) is 27.9. The molecule has 1 spiro atoms. The molecule has 6 nitrogen and oxygen atoms in total. The fraction of sp³-hybridized carbons (Fsp3) is 0.333. The van der Waals surface area contributed by atoms with Gasteiger partial charge in [0.1, 0.15) is 5.75 Å². The molecule has 5 rings (SSSR count). The van der Waals surface area contributed by atoms with Crippen molar-refractivity contribution in [1.82, 2.24) is 10.2 Å². The van der Waals surface area contributed by atoms with E-state index < -0.39 is 0 Å². The molecule has 206 valence electrons. The number of rotatable bonds is 6. The molecule has 2 fully saturated rings. The first-order chi connectivity index (χ1) is 19.4. The van der Waals surface area contributed by atoms with E-state index in [-0.39, 0.29) is 23.3 Å². The average molecular weight is 557 g/mol. The second-order valence-electron chi connectivity index (χ2n) is 10.4. The van der Waals surface area contributed by atoms with Crippen molar-refractivity contribution in [2.75, 3.05) is 32.8 Å². The third-order valence-electron chi connectivity index (χ3n) is 7.63. The number of benzene rings is 3. The topological polar surface area (TPSA) is 67.9 Å². The molecule has 1 unspecified atom stereocenters. The van der Waals surface area contributed by atoms with Crippen LogP contribution in [-0.4, -0.2) is 55.7 Å². The molecule has 2 heterocycles. The highest BCUT2D eigenvalue weighted by atomic mass is 35.5. The molecule has 2 amide bonds. The zero-order valence-electron chi connectivity index (χ0n) is 22.6. The lowest BCUT2D eigenvalue weighted by Gasteiger charge is -2.38. The van der Waals surface area contributed by atoms with Gasteiger partial charge in [0.15, 0.2) is 0 Å². The maximum Gasteiger partial charge on any atom is 0.255 e. The number of carbonyl (C=O) groups is 2. The standard InChI is InChI=1S/C33H33ClN2O4/c1-2-39-30-15-14-27(34)20-29(30)31(37)35-22-28-21-33(23-40-28)16-18-36(19-17-33)32(38)26-12-10-25(11-13-26)9-8-24-6-4-3-5-7-24/h3-7,10-15,20,28H,2,16-19,21-23H2,1H3,(H,35,37). The minimum absolute atomic E-state index is 0.0373. The van der Waals surface area contributed by atoms with Crippen molar-refractivity contribution >= 4 is 23.4 Å². The second kappa shape index (κ2) is 12.6. The normalized spacial score (nSPS) is 17.6. The van der Waals surface area contributed by atoms with E-state index >= 15 is 0 Å². The number of nitrogens with zero attached hydrogens (tertiary/aromatic N) is 1. The lowest BCUT2D eigenvalue weighted by molar-refractivity contribution is 0.0495. The van der Waals surface area contributed by atoms with E-state index in [1.165, 1.54) is 0 Å². The van der Waals surface area contributed by atoms with Crippen LogP contribution in [0.1, 0.15) is 58.0 Å². The number of carbonyl (C=O) groups excluding carboxylic acids is 2. The molecule has 0 radical (unpaired) electrons. The Bertz CT molecular complexity index is 1400. The summed E-state index contributed by atoms with van der Waals surface area (Å²) in [7, 11) is 0. The van der Waals surface area contributed by atoms with Gasteiger partial charge in [-0.1, -0.05) is 41.6 Å². The lowest BCUT2D eigenvalue weighted by Crippen LogP contribution is -2.43. The average Bonchev–Trinajstić information content (AvgIpc) is 3.38. The first kappa shape index (κ1) is 27.8. The molecule has 40 heavy (non-hydrogen) atoms. The maximum atomic E-state index is 13.2. The van der Waals surface area contributed by atoms with Gasteiger partial charge in [0, 0.05) is 41.3 Å². The fourth-order valence-electron chi connectivity index (χ4n) is 5.37. The number of hydrogen-bond donors (Lipinski definition) is 1. The number of ether oxygens (including phenoxy) is 2. The third kappa shape index (κ3) is 6.67. The van der Waals surface area contributed by atoms with Crippen molar-refractivity contribution in [3.05, 3.63) is 100 Å². The summed E-state index contributed by atoms with van der Waals surface area (Å²) in [5.41, 5.74) is 2.98. The molecule has 0 saturated carbocycles. The number of amides is 2. The van der Waals surface area contributed by atoms with Crippen molar-refractivity contribution < 1.29 is 19.1 Å². The summed E-state index contributed by atoms with van der Waals surface area (Å²) in [5, 5.41) is 3.47. The summed E-state index contributed by atoms with van der Waals surface area (Å²) in [6.07, 6.45) is 2.56. The van der Waals surface area contributed by atoms with E-state index in [4.69, 9.17) is 21.1 Å². The van der Waals surface area contributed by atoms with Crippen LogP contribution < -0.4 is 10.1 Å². The Morgan fingerprint density at radius 2 is 1.73 bits per heavy atom. The zero-order chi connectivity index (χ0) is 28.0. The highest BCUT2D eigenvalue weighted by Gasteiger charge is 2.43. The van der Waals surface area contributed by atoms with E-state index in [1.807, 2.05) is 66.4 Å². The minimum atomic E-state index is -0.229. The van der Waals surface area contributed by atoms with E-state index in [0.717, 1.165) is 30.4 Å². The van der Waals surface area contributed by atoms with E-state index in [2.05, 4.69) is 17.2 Å². The second-order valence-corrected chi connectivity index (χ2v) is 10.8. The predicted octanol–water partition coefficient (Wildman–Crippen LogP) is 5.58. The van der Waals surface area contributed by atoms with Gasteiger partial charge in [0.05, 0.1) is 24.9 Å². The molecule has 7 heteroatoms. The Morgan fingerprint density at radius 3 is 2.42 bits per heavy atom. The van der Waals surface area contributed by atoms with Crippen LogP contribution in [-0.2, 0) is 4.74 Å². The van der Waals surface area contributed by atoms with Crippen molar-refractivity contribution in [3.8, 4) is 17.6 Å². The molecule has 2 saturated heterocycles. The van der Waals surface area contributed by atoms with Crippen LogP contribution >= 0.6 is 11.6 Å². The smallest absolute Gasteiger partial charge is 0.255 e. The van der Waals surface area contributed by atoms with Crippen molar-refractivity contribution in [2.24, 2.45) is 5.41 Å². The number of nitrogens with one attached hydrogen (secondary N) is 1. The Labute approximate surface area is 240 Å². The highest BCUT2D eigenvalue weighted by Crippen LogP contribution is 2.42. The molecule has 1 atom stereocenters. The Hall–Kier alpha value is -3.79. The van der Waals surface area contributed by atoms with Gasteiger partial charge in [-0.3, -0.25) is 9.59 Å². The number of likely N-dealkylation sites (tertiary alicyclic amines) is 1. The minimum Gasteiger partial charge on any atom is -0.493 e. The summed E-state index contributed by atoms with van der Waals surface area (Å²) in [6.45, 7) is 4.78. The molecule has 0 aromatic heterocycles. The quantitative estimate of drug-likeness (QED) is 0.403. The molecule has 2 aliphatic heterocycles. The van der Waals surface area contributed by atoms with Crippen molar-refractivity contribution in [2.45, 2.75) is 32.3 Å². The van der Waals surface area contributed by atoms with Gasteiger partial charge in [-0.25, -0.2) is 0 Å². The number of piperidine rings is 1. The van der Waals surface area contributed by atoms with Crippen LogP contribution in [0, 0.1) is 17.3 Å². The molecular weight excluding hydrogens is 524 g/mol. The molecule has 0 aliphatic carbocycles. The van der Waals surface area contributed by atoms with Gasteiger partial charge in [0.2, 0.25) is 0 Å². The van der Waals surface area contributed by atoms with Crippen LogP contribution in [0.5, 0.6) is 5.75 Å². The third-order valence-corrected chi connectivity index (χ3v) is 7.87. The van der Waals surface area contributed by atoms with Gasteiger partial charge in [-0.05, 0) is 86.2 Å². The van der Waals surface area contributed by atoms with Gasteiger partial charge in [0.25, 0.3) is 11.8 Å². The predicted molar refractivity (Wildman–Crippen MR) is 156 cm³/mol.